The minimum atomic E-state index is -0.666. The molecular formula is C14H16N2O3. The standard InChI is InChI=1S/C14H16N2O3/c17-12-7-16(8-13(12)18)6-11-9-19-14(15-11)10-4-2-1-3-5-10/h1-5,9,12-13,17-18H,6-8H2/t12-,13+. The van der Waals surface area contributed by atoms with Crippen molar-refractivity contribution in [2.45, 2.75) is 18.8 Å². The summed E-state index contributed by atoms with van der Waals surface area (Å²) in [7, 11) is 0. The van der Waals surface area contributed by atoms with Gasteiger partial charge in [0.15, 0.2) is 0 Å². The zero-order chi connectivity index (χ0) is 13.2. The van der Waals surface area contributed by atoms with Crippen LogP contribution < -0.4 is 0 Å². The molecule has 1 saturated heterocycles. The number of rotatable bonds is 3. The monoisotopic (exact) mass is 260 g/mol. The number of aliphatic hydroxyl groups is 2. The van der Waals surface area contributed by atoms with Gasteiger partial charge in [0.2, 0.25) is 5.89 Å². The van der Waals surface area contributed by atoms with Crippen LogP contribution in [0, 0.1) is 0 Å². The summed E-state index contributed by atoms with van der Waals surface area (Å²) in [6, 6.07) is 9.71. The summed E-state index contributed by atoms with van der Waals surface area (Å²) in [5, 5.41) is 19.0. The van der Waals surface area contributed by atoms with Gasteiger partial charge in [0.25, 0.3) is 0 Å². The molecule has 0 unspecified atom stereocenters. The van der Waals surface area contributed by atoms with Gasteiger partial charge in [-0.15, -0.1) is 0 Å². The summed E-state index contributed by atoms with van der Waals surface area (Å²) in [5.41, 5.74) is 1.75. The summed E-state index contributed by atoms with van der Waals surface area (Å²) in [6.07, 6.45) is 0.292. The SMILES string of the molecule is O[C@@H]1CN(Cc2coc(-c3ccccc3)n2)C[C@@H]1O. The zero-order valence-electron chi connectivity index (χ0n) is 10.4. The predicted molar refractivity (Wildman–Crippen MR) is 69.2 cm³/mol. The van der Waals surface area contributed by atoms with Gasteiger partial charge in [-0.2, -0.15) is 0 Å². The van der Waals surface area contributed by atoms with Crippen LogP contribution in [0.3, 0.4) is 0 Å². The van der Waals surface area contributed by atoms with E-state index in [4.69, 9.17) is 4.42 Å². The Hall–Kier alpha value is -1.69. The molecule has 2 heterocycles. The molecule has 1 aliphatic rings. The van der Waals surface area contributed by atoms with Crippen LogP contribution in [0.1, 0.15) is 5.69 Å². The highest BCUT2D eigenvalue weighted by atomic mass is 16.3. The maximum Gasteiger partial charge on any atom is 0.226 e. The quantitative estimate of drug-likeness (QED) is 0.857. The molecule has 2 N–H and O–H groups in total. The molecule has 0 saturated carbocycles. The van der Waals surface area contributed by atoms with Crippen LogP contribution >= 0.6 is 0 Å². The van der Waals surface area contributed by atoms with Crippen molar-refractivity contribution in [1.29, 1.82) is 0 Å². The summed E-state index contributed by atoms with van der Waals surface area (Å²) >= 11 is 0. The Balaban J connectivity index is 1.69. The van der Waals surface area contributed by atoms with Crippen LogP contribution in [-0.4, -0.2) is 45.4 Å². The van der Waals surface area contributed by atoms with Gasteiger partial charge >= 0.3 is 0 Å². The van der Waals surface area contributed by atoms with Gasteiger partial charge < -0.3 is 14.6 Å². The molecule has 5 nitrogen and oxygen atoms in total. The Morgan fingerprint density at radius 3 is 2.53 bits per heavy atom. The number of hydrogen-bond acceptors (Lipinski definition) is 5. The number of hydrogen-bond donors (Lipinski definition) is 2. The third kappa shape index (κ3) is 2.68. The lowest BCUT2D eigenvalue weighted by atomic mass is 10.2. The highest BCUT2D eigenvalue weighted by molar-refractivity contribution is 5.52. The van der Waals surface area contributed by atoms with Crippen LogP contribution in [0.25, 0.3) is 11.5 Å². The second-order valence-electron chi connectivity index (χ2n) is 4.84. The molecule has 0 radical (unpaired) electrons. The van der Waals surface area contributed by atoms with Crippen molar-refractivity contribution >= 4 is 0 Å². The second-order valence-corrected chi connectivity index (χ2v) is 4.84. The van der Waals surface area contributed by atoms with Crippen LogP contribution in [0.15, 0.2) is 41.0 Å². The van der Waals surface area contributed by atoms with Crippen molar-refractivity contribution in [3.05, 3.63) is 42.3 Å². The van der Waals surface area contributed by atoms with E-state index in [1.54, 1.807) is 6.26 Å². The van der Waals surface area contributed by atoms with Gasteiger partial charge in [-0.25, -0.2) is 4.98 Å². The number of aliphatic hydroxyl groups excluding tert-OH is 2. The maximum atomic E-state index is 9.49. The fraction of sp³-hybridized carbons (Fsp3) is 0.357. The predicted octanol–water partition coefficient (Wildman–Crippen LogP) is 0.879. The van der Waals surface area contributed by atoms with E-state index in [0.717, 1.165) is 11.3 Å². The Labute approximate surface area is 111 Å². The van der Waals surface area contributed by atoms with Crippen molar-refractivity contribution in [2.24, 2.45) is 0 Å². The molecule has 0 bridgehead atoms. The summed E-state index contributed by atoms with van der Waals surface area (Å²) < 4.78 is 5.45. The molecule has 0 amide bonds. The summed E-state index contributed by atoms with van der Waals surface area (Å²) in [5.74, 6) is 0.593. The first-order chi connectivity index (χ1) is 9.22. The van der Waals surface area contributed by atoms with Crippen molar-refractivity contribution < 1.29 is 14.6 Å². The lowest BCUT2D eigenvalue weighted by molar-refractivity contribution is 0.0572. The molecule has 3 rings (SSSR count). The van der Waals surface area contributed by atoms with E-state index in [2.05, 4.69) is 4.98 Å². The highest BCUT2D eigenvalue weighted by Crippen LogP contribution is 2.20. The zero-order valence-corrected chi connectivity index (χ0v) is 10.4. The van der Waals surface area contributed by atoms with Gasteiger partial charge in [-0.1, -0.05) is 18.2 Å². The number of nitrogens with zero attached hydrogens (tertiary/aromatic N) is 2. The lowest BCUT2D eigenvalue weighted by Gasteiger charge is -2.11. The van der Waals surface area contributed by atoms with E-state index in [9.17, 15) is 10.2 Å². The molecule has 0 spiro atoms. The average molecular weight is 260 g/mol. The molecule has 2 atom stereocenters. The van der Waals surface area contributed by atoms with Crippen molar-refractivity contribution in [2.75, 3.05) is 13.1 Å². The van der Waals surface area contributed by atoms with Gasteiger partial charge in [-0.3, -0.25) is 4.90 Å². The Bertz CT molecular complexity index is 531. The molecular weight excluding hydrogens is 244 g/mol. The van der Waals surface area contributed by atoms with Crippen LogP contribution in [0.4, 0.5) is 0 Å². The number of β-amino-alcohol motifs (C(OH)–C–C–N with tert-alkyl or cyclic N) is 2. The average Bonchev–Trinajstić information content (AvgIpc) is 2.99. The fourth-order valence-electron chi connectivity index (χ4n) is 2.30. The molecule has 1 fully saturated rings. The van der Waals surface area contributed by atoms with Gasteiger partial charge in [0.1, 0.15) is 6.26 Å². The number of oxazole rings is 1. The van der Waals surface area contributed by atoms with Gasteiger partial charge in [0.05, 0.1) is 17.9 Å². The molecule has 100 valence electrons. The largest absolute Gasteiger partial charge is 0.444 e. The fourth-order valence-corrected chi connectivity index (χ4v) is 2.30. The van der Waals surface area contributed by atoms with Crippen LogP contribution in [-0.2, 0) is 6.54 Å². The minimum Gasteiger partial charge on any atom is -0.444 e. The molecule has 19 heavy (non-hydrogen) atoms. The lowest BCUT2D eigenvalue weighted by Crippen LogP contribution is -2.22. The molecule has 1 aromatic heterocycles. The van der Waals surface area contributed by atoms with Crippen molar-refractivity contribution in [3.8, 4) is 11.5 Å². The number of likely N-dealkylation sites (tertiary alicyclic amines) is 1. The Kier molecular flexibility index (Phi) is 3.33. The Morgan fingerprint density at radius 2 is 1.84 bits per heavy atom. The van der Waals surface area contributed by atoms with Gasteiger partial charge in [-0.05, 0) is 12.1 Å². The first-order valence-electron chi connectivity index (χ1n) is 6.30. The van der Waals surface area contributed by atoms with Crippen molar-refractivity contribution in [1.82, 2.24) is 9.88 Å². The van der Waals surface area contributed by atoms with Crippen molar-refractivity contribution in [3.63, 3.8) is 0 Å². The molecule has 1 aliphatic heterocycles. The van der Waals surface area contributed by atoms with Crippen LogP contribution in [0.2, 0.25) is 0 Å². The number of benzene rings is 1. The first-order valence-corrected chi connectivity index (χ1v) is 6.30. The maximum absolute atomic E-state index is 9.49. The molecule has 1 aromatic carbocycles. The highest BCUT2D eigenvalue weighted by Gasteiger charge is 2.29. The normalized spacial score (nSPS) is 23.9. The molecule has 0 aliphatic carbocycles. The minimum absolute atomic E-state index is 0.467. The van der Waals surface area contributed by atoms with Crippen LogP contribution in [0.5, 0.6) is 0 Å². The number of aromatic nitrogens is 1. The molecule has 5 heteroatoms. The third-order valence-electron chi connectivity index (χ3n) is 3.29. The van der Waals surface area contributed by atoms with E-state index in [1.807, 2.05) is 35.2 Å². The van der Waals surface area contributed by atoms with E-state index >= 15 is 0 Å². The topological polar surface area (TPSA) is 69.7 Å². The summed E-state index contributed by atoms with van der Waals surface area (Å²) in [6.45, 7) is 1.51. The molecule has 2 aromatic rings. The third-order valence-corrected chi connectivity index (χ3v) is 3.29. The van der Waals surface area contributed by atoms with E-state index in [-0.39, 0.29) is 0 Å². The van der Waals surface area contributed by atoms with E-state index < -0.39 is 12.2 Å². The second kappa shape index (κ2) is 5.13. The Morgan fingerprint density at radius 1 is 1.16 bits per heavy atom. The van der Waals surface area contributed by atoms with Gasteiger partial charge in [0, 0.05) is 25.2 Å². The summed E-state index contributed by atoms with van der Waals surface area (Å²) in [4.78, 5) is 6.38. The van der Waals surface area contributed by atoms with E-state index in [1.165, 1.54) is 0 Å². The van der Waals surface area contributed by atoms with E-state index in [0.29, 0.717) is 25.5 Å². The smallest absolute Gasteiger partial charge is 0.226 e. The first kappa shape index (κ1) is 12.3.